The largest absolute Gasteiger partial charge is 0.493 e. The van der Waals surface area contributed by atoms with E-state index >= 15 is 0 Å². The Kier molecular flexibility index (Phi) is 5.56. The Morgan fingerprint density at radius 1 is 1.15 bits per heavy atom. The lowest BCUT2D eigenvalue weighted by molar-refractivity contribution is -0.385. The number of methoxy groups -OCH3 is 2. The number of thiazole rings is 1. The highest BCUT2D eigenvalue weighted by molar-refractivity contribution is 7.14. The number of nitro groups is 1. The monoisotopic (exact) mass is 385 g/mol. The fourth-order valence-corrected chi connectivity index (χ4v) is 3.34. The Labute approximate surface area is 160 Å². The maximum Gasteiger partial charge on any atom is 0.272 e. The zero-order valence-corrected chi connectivity index (χ0v) is 16.0. The van der Waals surface area contributed by atoms with Gasteiger partial charge in [0.1, 0.15) is 0 Å². The first-order valence-corrected chi connectivity index (χ1v) is 9.05. The summed E-state index contributed by atoms with van der Waals surface area (Å²) >= 11 is 1.45. The highest BCUT2D eigenvalue weighted by Crippen LogP contribution is 2.30. The van der Waals surface area contributed by atoms with Crippen LogP contribution in [-0.2, 0) is 6.54 Å². The average molecular weight is 385 g/mol. The van der Waals surface area contributed by atoms with Crippen molar-refractivity contribution >= 4 is 22.2 Å². The summed E-state index contributed by atoms with van der Waals surface area (Å²) in [7, 11) is 3.20. The molecule has 1 N–H and O–H groups in total. The van der Waals surface area contributed by atoms with Crippen molar-refractivity contribution in [3.63, 3.8) is 0 Å². The molecule has 0 spiro atoms. The molecule has 2 aromatic carbocycles. The summed E-state index contributed by atoms with van der Waals surface area (Å²) in [6.45, 7) is 2.29. The number of nitrogens with one attached hydrogen (secondary N) is 1. The summed E-state index contributed by atoms with van der Waals surface area (Å²) in [5, 5.41) is 17.0. The molecule has 0 aliphatic rings. The van der Waals surface area contributed by atoms with E-state index < -0.39 is 0 Å². The second kappa shape index (κ2) is 8.05. The molecule has 8 heteroatoms. The molecule has 3 aromatic rings. The van der Waals surface area contributed by atoms with Crippen LogP contribution in [-0.4, -0.2) is 24.1 Å². The molecule has 0 saturated heterocycles. The molecule has 140 valence electrons. The smallest absolute Gasteiger partial charge is 0.272 e. The summed E-state index contributed by atoms with van der Waals surface area (Å²) < 4.78 is 10.5. The number of nitrogens with zero attached hydrogens (tertiary/aromatic N) is 2. The molecule has 0 amide bonds. The first-order valence-electron chi connectivity index (χ1n) is 8.17. The lowest BCUT2D eigenvalue weighted by atomic mass is 10.1. The fourth-order valence-electron chi connectivity index (χ4n) is 2.62. The van der Waals surface area contributed by atoms with Crippen molar-refractivity contribution in [1.82, 2.24) is 4.98 Å². The van der Waals surface area contributed by atoms with Crippen LogP contribution >= 0.6 is 11.3 Å². The molecule has 1 aromatic heterocycles. The number of aryl methyl sites for hydroxylation is 1. The van der Waals surface area contributed by atoms with Gasteiger partial charge in [-0.15, -0.1) is 11.3 Å². The molecule has 0 bridgehead atoms. The van der Waals surface area contributed by atoms with Gasteiger partial charge in [0.15, 0.2) is 16.6 Å². The molecule has 0 radical (unpaired) electrons. The van der Waals surface area contributed by atoms with E-state index in [0.29, 0.717) is 29.3 Å². The third kappa shape index (κ3) is 4.17. The fraction of sp³-hybridized carbons (Fsp3) is 0.211. The van der Waals surface area contributed by atoms with E-state index in [4.69, 9.17) is 9.47 Å². The number of hydrogen-bond donors (Lipinski definition) is 1. The lowest BCUT2D eigenvalue weighted by Crippen LogP contribution is -2.00. The van der Waals surface area contributed by atoms with Crippen LogP contribution < -0.4 is 14.8 Å². The van der Waals surface area contributed by atoms with Crippen molar-refractivity contribution in [2.24, 2.45) is 0 Å². The van der Waals surface area contributed by atoms with Gasteiger partial charge in [0.2, 0.25) is 0 Å². The van der Waals surface area contributed by atoms with Gasteiger partial charge in [-0.25, -0.2) is 4.98 Å². The number of ether oxygens (including phenoxy) is 2. The number of aromatic nitrogens is 1. The highest BCUT2D eigenvalue weighted by Gasteiger charge is 2.13. The van der Waals surface area contributed by atoms with E-state index in [1.165, 1.54) is 11.3 Å². The first-order chi connectivity index (χ1) is 13.0. The summed E-state index contributed by atoms with van der Waals surface area (Å²) in [5.41, 5.74) is 3.18. The summed E-state index contributed by atoms with van der Waals surface area (Å²) in [6.07, 6.45) is 0. The number of hydrogen-bond acceptors (Lipinski definition) is 7. The maximum atomic E-state index is 11.1. The van der Waals surface area contributed by atoms with E-state index in [1.807, 2.05) is 29.6 Å². The second-order valence-electron chi connectivity index (χ2n) is 5.84. The average Bonchev–Trinajstić information content (AvgIpc) is 3.15. The molecule has 7 nitrogen and oxygen atoms in total. The Morgan fingerprint density at radius 3 is 2.63 bits per heavy atom. The third-order valence-corrected chi connectivity index (χ3v) is 4.90. The van der Waals surface area contributed by atoms with Gasteiger partial charge >= 0.3 is 0 Å². The number of anilines is 1. The number of benzene rings is 2. The highest BCUT2D eigenvalue weighted by atomic mass is 32.1. The van der Waals surface area contributed by atoms with Crippen molar-refractivity contribution in [3.05, 3.63) is 63.0 Å². The predicted molar refractivity (Wildman–Crippen MR) is 106 cm³/mol. The number of nitro benzene ring substituents is 1. The van der Waals surface area contributed by atoms with Gasteiger partial charge in [-0.1, -0.05) is 18.2 Å². The van der Waals surface area contributed by atoms with Crippen LogP contribution in [0.1, 0.15) is 11.1 Å². The van der Waals surface area contributed by atoms with Crippen LogP contribution in [0.3, 0.4) is 0 Å². The molecule has 0 fully saturated rings. The van der Waals surface area contributed by atoms with Crippen molar-refractivity contribution in [3.8, 4) is 22.8 Å². The number of rotatable bonds is 7. The molecule has 0 unspecified atom stereocenters. The second-order valence-corrected chi connectivity index (χ2v) is 6.70. The Balaban J connectivity index is 1.73. The van der Waals surface area contributed by atoms with Crippen LogP contribution in [0.25, 0.3) is 11.3 Å². The van der Waals surface area contributed by atoms with E-state index in [1.54, 1.807) is 33.3 Å². The quantitative estimate of drug-likeness (QED) is 0.470. The SMILES string of the molecule is COc1ccc(CNc2nc(-c3ccc(C)c([N+](=O)[O-])c3)cs2)cc1OC. The van der Waals surface area contributed by atoms with Crippen LogP contribution in [0, 0.1) is 17.0 Å². The van der Waals surface area contributed by atoms with Gasteiger partial charge in [0.25, 0.3) is 5.69 Å². The van der Waals surface area contributed by atoms with E-state index in [9.17, 15) is 10.1 Å². The molecule has 0 atom stereocenters. The standard InChI is InChI=1S/C19H19N3O4S/c1-12-4-6-14(9-16(12)22(23)24)15-11-27-19(21-15)20-10-13-5-7-17(25-2)18(8-13)26-3/h4-9,11H,10H2,1-3H3,(H,20,21). The minimum absolute atomic E-state index is 0.0975. The van der Waals surface area contributed by atoms with Crippen LogP contribution in [0.4, 0.5) is 10.8 Å². The minimum Gasteiger partial charge on any atom is -0.493 e. The molecule has 27 heavy (non-hydrogen) atoms. The molecular formula is C19H19N3O4S. The molecule has 3 rings (SSSR count). The normalized spacial score (nSPS) is 10.5. The van der Waals surface area contributed by atoms with Gasteiger partial charge < -0.3 is 14.8 Å². The Bertz CT molecular complexity index is 971. The predicted octanol–water partition coefficient (Wildman–Crippen LogP) is 4.66. The van der Waals surface area contributed by atoms with Crippen LogP contribution in [0.2, 0.25) is 0 Å². The molecular weight excluding hydrogens is 366 g/mol. The Morgan fingerprint density at radius 2 is 1.93 bits per heavy atom. The molecule has 0 saturated carbocycles. The summed E-state index contributed by atoms with van der Waals surface area (Å²) in [5.74, 6) is 1.35. The van der Waals surface area contributed by atoms with Gasteiger partial charge in [-0.3, -0.25) is 10.1 Å². The Hall–Kier alpha value is -3.13. The molecule has 0 aliphatic carbocycles. The molecule has 1 heterocycles. The topological polar surface area (TPSA) is 86.5 Å². The summed E-state index contributed by atoms with van der Waals surface area (Å²) in [4.78, 5) is 15.3. The minimum atomic E-state index is -0.374. The van der Waals surface area contributed by atoms with E-state index in [-0.39, 0.29) is 10.6 Å². The van der Waals surface area contributed by atoms with Crippen molar-refractivity contribution in [1.29, 1.82) is 0 Å². The van der Waals surface area contributed by atoms with Crippen LogP contribution in [0.5, 0.6) is 11.5 Å². The maximum absolute atomic E-state index is 11.1. The van der Waals surface area contributed by atoms with Crippen molar-refractivity contribution < 1.29 is 14.4 Å². The van der Waals surface area contributed by atoms with Gasteiger partial charge in [-0.2, -0.15) is 0 Å². The van der Waals surface area contributed by atoms with Crippen molar-refractivity contribution in [2.75, 3.05) is 19.5 Å². The van der Waals surface area contributed by atoms with Gasteiger partial charge in [0.05, 0.1) is 24.8 Å². The first kappa shape index (κ1) is 18.7. The van der Waals surface area contributed by atoms with E-state index in [2.05, 4.69) is 10.3 Å². The van der Waals surface area contributed by atoms with Gasteiger partial charge in [0, 0.05) is 29.1 Å². The van der Waals surface area contributed by atoms with E-state index in [0.717, 1.165) is 16.3 Å². The van der Waals surface area contributed by atoms with Crippen molar-refractivity contribution in [2.45, 2.75) is 13.5 Å². The van der Waals surface area contributed by atoms with Crippen LogP contribution in [0.15, 0.2) is 41.8 Å². The third-order valence-electron chi connectivity index (χ3n) is 4.10. The molecule has 0 aliphatic heterocycles. The lowest BCUT2D eigenvalue weighted by Gasteiger charge is -2.09. The zero-order chi connectivity index (χ0) is 19.4. The zero-order valence-electron chi connectivity index (χ0n) is 15.2. The summed E-state index contributed by atoms with van der Waals surface area (Å²) in [6, 6.07) is 10.9. The van der Waals surface area contributed by atoms with Gasteiger partial charge in [-0.05, 0) is 24.6 Å².